The number of amides is 1. The normalized spacial score (nSPS) is 10.2. The average molecular weight is 313 g/mol. The Balaban J connectivity index is 1.81. The molecule has 4 nitrogen and oxygen atoms in total. The number of ether oxygens (including phenoxy) is 2. The number of carbonyl (C=O) groups is 1. The van der Waals surface area contributed by atoms with Gasteiger partial charge in [-0.3, -0.25) is 4.79 Å². The van der Waals surface area contributed by atoms with E-state index in [1.807, 2.05) is 62.4 Å². The maximum atomic E-state index is 12.0. The smallest absolute Gasteiger partial charge is 0.227 e. The summed E-state index contributed by atoms with van der Waals surface area (Å²) in [6, 6.07) is 15.2. The van der Waals surface area contributed by atoms with Gasteiger partial charge in [0.25, 0.3) is 0 Å². The van der Waals surface area contributed by atoms with E-state index in [0.29, 0.717) is 24.7 Å². The second-order valence-electron chi connectivity index (χ2n) is 5.30. The molecule has 4 heteroatoms. The van der Waals surface area contributed by atoms with Crippen LogP contribution < -0.4 is 14.8 Å². The highest BCUT2D eigenvalue weighted by Crippen LogP contribution is 2.24. The van der Waals surface area contributed by atoms with E-state index < -0.39 is 0 Å². The molecule has 1 amide bonds. The highest BCUT2D eigenvalue weighted by atomic mass is 16.5. The Labute approximate surface area is 137 Å². The summed E-state index contributed by atoms with van der Waals surface area (Å²) < 4.78 is 11.2. The number of rotatable bonds is 8. The minimum Gasteiger partial charge on any atom is -0.493 e. The first-order valence-electron chi connectivity index (χ1n) is 7.90. The van der Waals surface area contributed by atoms with Crippen LogP contribution in [0.15, 0.2) is 48.5 Å². The Bertz CT molecular complexity index is 623. The molecule has 0 atom stereocenters. The van der Waals surface area contributed by atoms with Gasteiger partial charge in [0, 0.05) is 0 Å². The van der Waals surface area contributed by atoms with E-state index in [2.05, 4.69) is 5.32 Å². The number of para-hydroxylation sites is 2. The molecule has 0 aliphatic rings. The van der Waals surface area contributed by atoms with E-state index in [9.17, 15) is 4.79 Å². The fraction of sp³-hybridized carbons (Fsp3) is 0.316. The van der Waals surface area contributed by atoms with Gasteiger partial charge in [0.1, 0.15) is 11.5 Å². The van der Waals surface area contributed by atoms with Crippen LogP contribution in [0.5, 0.6) is 11.5 Å². The van der Waals surface area contributed by atoms with Crippen molar-refractivity contribution in [2.75, 3.05) is 18.5 Å². The standard InChI is InChI=1S/C19H23NO3/c1-3-13-23-18-7-5-4-6-17(18)20-19(21)12-14-22-16-10-8-15(2)9-11-16/h4-11H,3,12-14H2,1-2H3,(H,20,21). The third-order valence-electron chi connectivity index (χ3n) is 3.24. The summed E-state index contributed by atoms with van der Waals surface area (Å²) in [5.41, 5.74) is 1.88. The largest absolute Gasteiger partial charge is 0.493 e. The van der Waals surface area contributed by atoms with Crippen LogP contribution in [0.1, 0.15) is 25.3 Å². The first kappa shape index (κ1) is 16.9. The molecule has 0 aliphatic heterocycles. The topological polar surface area (TPSA) is 47.6 Å². The van der Waals surface area contributed by atoms with E-state index in [4.69, 9.17) is 9.47 Å². The molecule has 2 aromatic carbocycles. The van der Waals surface area contributed by atoms with Crippen LogP contribution in [0.3, 0.4) is 0 Å². The van der Waals surface area contributed by atoms with Gasteiger partial charge in [-0.1, -0.05) is 36.8 Å². The Morgan fingerprint density at radius 3 is 2.48 bits per heavy atom. The zero-order valence-corrected chi connectivity index (χ0v) is 13.7. The van der Waals surface area contributed by atoms with Crippen molar-refractivity contribution in [3.05, 3.63) is 54.1 Å². The van der Waals surface area contributed by atoms with Crippen molar-refractivity contribution in [3.63, 3.8) is 0 Å². The Hall–Kier alpha value is -2.49. The van der Waals surface area contributed by atoms with Gasteiger partial charge < -0.3 is 14.8 Å². The SMILES string of the molecule is CCCOc1ccccc1NC(=O)CCOc1ccc(C)cc1. The van der Waals surface area contributed by atoms with Crippen molar-refractivity contribution in [2.24, 2.45) is 0 Å². The molecule has 0 aromatic heterocycles. The first-order valence-corrected chi connectivity index (χ1v) is 7.90. The molecule has 122 valence electrons. The molecule has 0 aliphatic carbocycles. The van der Waals surface area contributed by atoms with Gasteiger partial charge in [0.2, 0.25) is 5.91 Å². The lowest BCUT2D eigenvalue weighted by Gasteiger charge is -2.12. The zero-order chi connectivity index (χ0) is 16.5. The summed E-state index contributed by atoms with van der Waals surface area (Å²) in [6.07, 6.45) is 1.21. The number of hydrogen-bond donors (Lipinski definition) is 1. The minimum absolute atomic E-state index is 0.0929. The molecular formula is C19H23NO3. The van der Waals surface area contributed by atoms with Gasteiger partial charge in [-0.25, -0.2) is 0 Å². The van der Waals surface area contributed by atoms with Crippen LogP contribution >= 0.6 is 0 Å². The van der Waals surface area contributed by atoms with E-state index in [-0.39, 0.29) is 12.3 Å². The van der Waals surface area contributed by atoms with Crippen molar-refractivity contribution in [2.45, 2.75) is 26.7 Å². The molecule has 0 saturated heterocycles. The van der Waals surface area contributed by atoms with Crippen LogP contribution in [0.25, 0.3) is 0 Å². The maximum absolute atomic E-state index is 12.0. The van der Waals surface area contributed by atoms with Gasteiger partial charge in [-0.05, 0) is 37.6 Å². The van der Waals surface area contributed by atoms with Gasteiger partial charge in [-0.2, -0.15) is 0 Å². The Morgan fingerprint density at radius 1 is 1.00 bits per heavy atom. The Kier molecular flexibility index (Phi) is 6.48. The summed E-state index contributed by atoms with van der Waals surface area (Å²) in [4.78, 5) is 12.0. The van der Waals surface area contributed by atoms with Crippen LogP contribution in [-0.2, 0) is 4.79 Å². The monoisotopic (exact) mass is 313 g/mol. The van der Waals surface area contributed by atoms with Crippen LogP contribution in [0.2, 0.25) is 0 Å². The molecule has 23 heavy (non-hydrogen) atoms. The quantitative estimate of drug-likeness (QED) is 0.795. The van der Waals surface area contributed by atoms with Gasteiger partial charge >= 0.3 is 0 Å². The molecule has 1 N–H and O–H groups in total. The summed E-state index contributed by atoms with van der Waals surface area (Å²) in [5.74, 6) is 1.38. The average Bonchev–Trinajstić information content (AvgIpc) is 2.56. The van der Waals surface area contributed by atoms with Crippen LogP contribution in [-0.4, -0.2) is 19.1 Å². The van der Waals surface area contributed by atoms with Gasteiger partial charge in [0.05, 0.1) is 25.3 Å². The molecule has 0 fully saturated rings. The van der Waals surface area contributed by atoms with E-state index in [1.165, 1.54) is 5.56 Å². The van der Waals surface area contributed by atoms with Crippen molar-refractivity contribution in [3.8, 4) is 11.5 Å². The van der Waals surface area contributed by atoms with Crippen molar-refractivity contribution in [1.82, 2.24) is 0 Å². The highest BCUT2D eigenvalue weighted by Gasteiger charge is 2.07. The molecule has 2 aromatic rings. The third kappa shape index (κ3) is 5.66. The number of carbonyl (C=O) groups excluding carboxylic acids is 1. The minimum atomic E-state index is -0.0929. The molecule has 0 bridgehead atoms. The fourth-order valence-electron chi connectivity index (χ4n) is 2.02. The Morgan fingerprint density at radius 2 is 1.74 bits per heavy atom. The van der Waals surface area contributed by atoms with E-state index in [0.717, 1.165) is 12.2 Å². The zero-order valence-electron chi connectivity index (χ0n) is 13.7. The second kappa shape index (κ2) is 8.83. The predicted molar refractivity (Wildman–Crippen MR) is 92.1 cm³/mol. The van der Waals surface area contributed by atoms with Crippen molar-refractivity contribution < 1.29 is 14.3 Å². The lowest BCUT2D eigenvalue weighted by atomic mass is 10.2. The number of nitrogens with one attached hydrogen (secondary N) is 1. The number of anilines is 1. The lowest BCUT2D eigenvalue weighted by Crippen LogP contribution is -2.16. The predicted octanol–water partition coefficient (Wildman–Crippen LogP) is 4.19. The molecule has 0 saturated carbocycles. The van der Waals surface area contributed by atoms with E-state index in [1.54, 1.807) is 0 Å². The third-order valence-corrected chi connectivity index (χ3v) is 3.24. The first-order chi connectivity index (χ1) is 11.2. The van der Waals surface area contributed by atoms with Crippen LogP contribution in [0.4, 0.5) is 5.69 Å². The van der Waals surface area contributed by atoms with E-state index >= 15 is 0 Å². The molecule has 0 spiro atoms. The molecular weight excluding hydrogens is 290 g/mol. The number of aryl methyl sites for hydroxylation is 1. The van der Waals surface area contributed by atoms with Crippen molar-refractivity contribution in [1.29, 1.82) is 0 Å². The molecule has 0 heterocycles. The summed E-state index contributed by atoms with van der Waals surface area (Å²) in [5, 5.41) is 2.87. The van der Waals surface area contributed by atoms with Gasteiger partial charge in [0.15, 0.2) is 0 Å². The summed E-state index contributed by atoms with van der Waals surface area (Å²) >= 11 is 0. The second-order valence-corrected chi connectivity index (χ2v) is 5.30. The van der Waals surface area contributed by atoms with Crippen LogP contribution in [0, 0.1) is 6.92 Å². The summed E-state index contributed by atoms with van der Waals surface area (Å²) in [6.45, 7) is 5.04. The van der Waals surface area contributed by atoms with Crippen molar-refractivity contribution >= 4 is 11.6 Å². The molecule has 2 rings (SSSR count). The number of hydrogen-bond acceptors (Lipinski definition) is 3. The lowest BCUT2D eigenvalue weighted by molar-refractivity contribution is -0.116. The summed E-state index contributed by atoms with van der Waals surface area (Å²) in [7, 11) is 0. The molecule has 0 radical (unpaired) electrons. The highest BCUT2D eigenvalue weighted by molar-refractivity contribution is 5.92. The fourth-order valence-corrected chi connectivity index (χ4v) is 2.02. The number of benzene rings is 2. The molecule has 0 unspecified atom stereocenters. The maximum Gasteiger partial charge on any atom is 0.227 e. The van der Waals surface area contributed by atoms with Gasteiger partial charge in [-0.15, -0.1) is 0 Å².